The average Bonchev–Trinajstić information content (AvgIpc) is 2.72. The molecular formula is C21H14Cl2N4O3S. The van der Waals surface area contributed by atoms with Crippen molar-refractivity contribution in [3.05, 3.63) is 69.7 Å². The van der Waals surface area contributed by atoms with E-state index in [4.69, 9.17) is 35.4 Å². The molecule has 7 nitrogen and oxygen atoms in total. The summed E-state index contributed by atoms with van der Waals surface area (Å²) in [4.78, 5) is 39.1. The van der Waals surface area contributed by atoms with Gasteiger partial charge in [-0.3, -0.25) is 19.3 Å². The van der Waals surface area contributed by atoms with Crippen molar-refractivity contribution in [2.75, 3.05) is 10.2 Å². The van der Waals surface area contributed by atoms with Crippen LogP contribution in [0.3, 0.4) is 0 Å². The summed E-state index contributed by atoms with van der Waals surface area (Å²) in [5.74, 6) is -3.64. The molecule has 2 aromatic rings. The normalized spacial score (nSPS) is 16.6. The van der Waals surface area contributed by atoms with Crippen LogP contribution in [0.15, 0.2) is 54.1 Å². The molecule has 1 heterocycles. The van der Waals surface area contributed by atoms with Crippen LogP contribution in [0.25, 0.3) is 0 Å². The summed E-state index contributed by atoms with van der Waals surface area (Å²) in [6, 6.07) is 12.9. The van der Waals surface area contributed by atoms with E-state index < -0.39 is 29.2 Å². The van der Waals surface area contributed by atoms with E-state index in [-0.39, 0.29) is 5.11 Å². The Kier molecular flexibility index (Phi) is 6.71. The van der Waals surface area contributed by atoms with Crippen molar-refractivity contribution in [3.63, 3.8) is 0 Å². The minimum atomic E-state index is -1.43. The Bertz CT molecular complexity index is 1170. The Balaban J connectivity index is 1.90. The number of halogens is 2. The van der Waals surface area contributed by atoms with E-state index in [1.165, 1.54) is 0 Å². The Morgan fingerprint density at radius 1 is 1.23 bits per heavy atom. The first-order chi connectivity index (χ1) is 14.7. The maximum absolute atomic E-state index is 13.0. The molecule has 0 aromatic heterocycles. The summed E-state index contributed by atoms with van der Waals surface area (Å²) in [7, 11) is 0. The maximum Gasteiger partial charge on any atom is 0.266 e. The van der Waals surface area contributed by atoms with Crippen LogP contribution in [-0.2, 0) is 14.4 Å². The van der Waals surface area contributed by atoms with E-state index in [1.807, 2.05) is 0 Å². The number of hydrogen-bond donors (Lipinski definition) is 2. The smallest absolute Gasteiger partial charge is 0.266 e. The minimum absolute atomic E-state index is 0.112. The molecule has 31 heavy (non-hydrogen) atoms. The Morgan fingerprint density at radius 3 is 2.55 bits per heavy atom. The van der Waals surface area contributed by atoms with Crippen LogP contribution in [0.4, 0.5) is 11.4 Å². The maximum atomic E-state index is 13.0. The van der Waals surface area contributed by atoms with E-state index in [1.54, 1.807) is 55.5 Å². The molecule has 0 bridgehead atoms. The molecule has 2 aromatic carbocycles. The van der Waals surface area contributed by atoms with Gasteiger partial charge < -0.3 is 10.6 Å². The van der Waals surface area contributed by atoms with E-state index in [0.29, 0.717) is 27.0 Å². The number of nitrogens with zero attached hydrogens (tertiary/aromatic N) is 2. The number of thiocarbonyl (C=S) groups is 1. The molecular weight excluding hydrogens is 459 g/mol. The molecule has 1 aliphatic heterocycles. The van der Waals surface area contributed by atoms with Crippen LogP contribution < -0.4 is 15.5 Å². The lowest BCUT2D eigenvalue weighted by molar-refractivity contribution is -0.131. The topological polar surface area (TPSA) is 102 Å². The van der Waals surface area contributed by atoms with Crippen molar-refractivity contribution in [1.82, 2.24) is 5.32 Å². The number of hydrogen-bond acceptors (Lipinski definition) is 5. The second-order valence-electron chi connectivity index (χ2n) is 6.48. The highest BCUT2D eigenvalue weighted by molar-refractivity contribution is 7.80. The lowest BCUT2D eigenvalue weighted by atomic mass is 10.0. The number of anilines is 2. The molecule has 0 radical (unpaired) electrons. The van der Waals surface area contributed by atoms with E-state index in [9.17, 15) is 19.6 Å². The highest BCUT2D eigenvalue weighted by Crippen LogP contribution is 2.25. The molecule has 156 valence electrons. The standard InChI is InChI=1S/C21H14Cl2N4O3S/c1-11-16(23)3-2-4-17(11)25-18(28)12(10-24)9-15-19(29)26-21(31)27(20(15)30)14-7-5-13(22)6-8-14/h2-9,15H,1H3,(H,25,28)(H,26,29,31)/b12-9+/t15-/m1/s1. The number of nitriles is 1. The first kappa shape index (κ1) is 22.4. The van der Waals surface area contributed by atoms with Crippen LogP contribution >= 0.6 is 35.4 Å². The van der Waals surface area contributed by atoms with Crippen LogP contribution in [0, 0.1) is 24.2 Å². The van der Waals surface area contributed by atoms with Gasteiger partial charge in [0.2, 0.25) is 11.8 Å². The number of benzene rings is 2. The summed E-state index contributed by atoms with van der Waals surface area (Å²) in [5, 5.41) is 15.2. The van der Waals surface area contributed by atoms with E-state index in [2.05, 4.69) is 10.6 Å². The predicted molar refractivity (Wildman–Crippen MR) is 122 cm³/mol. The first-order valence-corrected chi connectivity index (χ1v) is 10.0. The number of carbonyl (C=O) groups excluding carboxylic acids is 3. The van der Waals surface area contributed by atoms with Gasteiger partial charge in [-0.05, 0) is 67.2 Å². The van der Waals surface area contributed by atoms with Gasteiger partial charge in [0.15, 0.2) is 5.11 Å². The third-order valence-corrected chi connectivity index (χ3v) is 5.45. The van der Waals surface area contributed by atoms with Crippen LogP contribution in [0.1, 0.15) is 5.56 Å². The quantitative estimate of drug-likeness (QED) is 0.305. The molecule has 2 N–H and O–H groups in total. The van der Waals surface area contributed by atoms with Gasteiger partial charge in [0, 0.05) is 15.7 Å². The monoisotopic (exact) mass is 472 g/mol. The predicted octanol–water partition coefficient (Wildman–Crippen LogP) is 3.75. The van der Waals surface area contributed by atoms with Crippen molar-refractivity contribution in [1.29, 1.82) is 5.26 Å². The Labute approximate surface area is 193 Å². The molecule has 3 rings (SSSR count). The second-order valence-corrected chi connectivity index (χ2v) is 7.71. The van der Waals surface area contributed by atoms with Gasteiger partial charge in [-0.15, -0.1) is 0 Å². The highest BCUT2D eigenvalue weighted by atomic mass is 35.5. The molecule has 1 fully saturated rings. The largest absolute Gasteiger partial charge is 0.321 e. The van der Waals surface area contributed by atoms with Gasteiger partial charge in [0.1, 0.15) is 17.6 Å². The third-order valence-electron chi connectivity index (χ3n) is 4.50. The lowest BCUT2D eigenvalue weighted by Gasteiger charge is -2.31. The fourth-order valence-electron chi connectivity index (χ4n) is 2.83. The molecule has 10 heteroatoms. The third kappa shape index (κ3) is 4.75. The molecule has 3 amide bonds. The first-order valence-electron chi connectivity index (χ1n) is 8.85. The summed E-state index contributed by atoms with van der Waals surface area (Å²) in [6.45, 7) is 1.71. The molecule has 0 saturated carbocycles. The summed E-state index contributed by atoms with van der Waals surface area (Å²) < 4.78 is 0. The summed E-state index contributed by atoms with van der Waals surface area (Å²) in [5.41, 5.74) is 0.995. The van der Waals surface area contributed by atoms with Crippen molar-refractivity contribution in [2.24, 2.45) is 5.92 Å². The molecule has 0 aliphatic carbocycles. The van der Waals surface area contributed by atoms with Crippen molar-refractivity contribution in [3.8, 4) is 6.07 Å². The number of rotatable bonds is 4. The van der Waals surface area contributed by atoms with Crippen LogP contribution in [-0.4, -0.2) is 22.8 Å². The van der Waals surface area contributed by atoms with Gasteiger partial charge in [0.25, 0.3) is 5.91 Å². The molecule has 1 saturated heterocycles. The van der Waals surface area contributed by atoms with Crippen LogP contribution in [0.5, 0.6) is 0 Å². The zero-order valence-corrected chi connectivity index (χ0v) is 18.3. The van der Waals surface area contributed by atoms with Gasteiger partial charge in [-0.2, -0.15) is 5.26 Å². The van der Waals surface area contributed by atoms with Gasteiger partial charge in [-0.25, -0.2) is 0 Å². The summed E-state index contributed by atoms with van der Waals surface area (Å²) >= 11 is 17.0. The Morgan fingerprint density at radius 2 is 1.90 bits per heavy atom. The number of carbonyl (C=O) groups is 3. The SMILES string of the molecule is Cc1c(Cl)cccc1NC(=O)/C(C#N)=C/[C@@H]1C(=O)NC(=S)N(c2ccc(Cl)cc2)C1=O. The fraction of sp³-hybridized carbons (Fsp3) is 0.0952. The zero-order chi connectivity index (χ0) is 22.7. The van der Waals surface area contributed by atoms with Gasteiger partial charge in [0.05, 0.1) is 5.69 Å². The highest BCUT2D eigenvalue weighted by Gasteiger charge is 2.38. The Hall–Kier alpha value is -3.25. The molecule has 0 spiro atoms. The van der Waals surface area contributed by atoms with Crippen molar-refractivity contribution >= 4 is 69.6 Å². The van der Waals surface area contributed by atoms with Gasteiger partial charge >= 0.3 is 0 Å². The zero-order valence-electron chi connectivity index (χ0n) is 16.0. The van der Waals surface area contributed by atoms with Crippen LogP contribution in [0.2, 0.25) is 10.0 Å². The van der Waals surface area contributed by atoms with E-state index in [0.717, 1.165) is 11.0 Å². The average molecular weight is 473 g/mol. The minimum Gasteiger partial charge on any atom is -0.321 e. The lowest BCUT2D eigenvalue weighted by Crippen LogP contribution is -2.57. The summed E-state index contributed by atoms with van der Waals surface area (Å²) in [6.07, 6.45) is 1.01. The fourth-order valence-corrected chi connectivity index (χ4v) is 3.43. The van der Waals surface area contributed by atoms with Crippen molar-refractivity contribution < 1.29 is 14.4 Å². The molecule has 1 atom stereocenters. The number of nitrogens with one attached hydrogen (secondary N) is 2. The van der Waals surface area contributed by atoms with E-state index >= 15 is 0 Å². The molecule has 1 aliphatic rings. The second kappa shape index (κ2) is 9.27. The molecule has 0 unspecified atom stereocenters. The van der Waals surface area contributed by atoms with Crippen molar-refractivity contribution in [2.45, 2.75) is 6.92 Å². The number of amides is 3. The van der Waals surface area contributed by atoms with Gasteiger partial charge in [-0.1, -0.05) is 29.3 Å².